The molecular weight excluding hydrogens is 216 g/mol. The summed E-state index contributed by atoms with van der Waals surface area (Å²) in [6.45, 7) is 5.58. The summed E-state index contributed by atoms with van der Waals surface area (Å²) < 4.78 is 11.1. The van der Waals surface area contributed by atoms with E-state index < -0.39 is 0 Å². The highest BCUT2D eigenvalue weighted by molar-refractivity contribution is 5.60. The van der Waals surface area contributed by atoms with Gasteiger partial charge in [0.25, 0.3) is 0 Å². The molecule has 1 heterocycles. The highest BCUT2D eigenvalue weighted by atomic mass is 16.5. The molecule has 0 aliphatic rings. The molecule has 0 atom stereocenters. The lowest BCUT2D eigenvalue weighted by molar-refractivity contribution is 0.295. The molecule has 0 aromatic carbocycles. The van der Waals surface area contributed by atoms with E-state index >= 15 is 0 Å². The van der Waals surface area contributed by atoms with Gasteiger partial charge in [0.2, 0.25) is 0 Å². The molecule has 0 bridgehead atoms. The Kier molecular flexibility index (Phi) is 6.22. The normalized spacial score (nSPS) is 10.2. The number of aromatic nitrogens is 1. The van der Waals surface area contributed by atoms with Crippen LogP contribution >= 0.6 is 0 Å². The number of nitrogens with two attached hydrogens (primary N) is 1. The Morgan fingerprint density at radius 2 is 1.47 bits per heavy atom. The Labute approximate surface area is 103 Å². The van der Waals surface area contributed by atoms with Crippen molar-refractivity contribution in [1.82, 2.24) is 4.98 Å². The second-order valence-electron chi connectivity index (χ2n) is 3.95. The van der Waals surface area contributed by atoms with E-state index in [2.05, 4.69) is 18.8 Å². The summed E-state index contributed by atoms with van der Waals surface area (Å²) in [5.74, 6) is 1.24. The van der Waals surface area contributed by atoms with Crippen molar-refractivity contribution in [2.75, 3.05) is 18.9 Å². The predicted molar refractivity (Wildman–Crippen MR) is 69.5 cm³/mol. The molecule has 4 nitrogen and oxygen atoms in total. The Morgan fingerprint density at radius 1 is 1.00 bits per heavy atom. The van der Waals surface area contributed by atoms with Gasteiger partial charge in [-0.3, -0.25) is 4.98 Å². The summed E-state index contributed by atoms with van der Waals surface area (Å²) in [5, 5.41) is 0. The van der Waals surface area contributed by atoms with E-state index in [1.165, 1.54) is 0 Å². The molecule has 1 rings (SSSR count). The number of anilines is 1. The lowest BCUT2D eigenvalue weighted by Gasteiger charge is -2.12. The smallest absolute Gasteiger partial charge is 0.164 e. The van der Waals surface area contributed by atoms with Gasteiger partial charge in [-0.2, -0.15) is 0 Å². The molecule has 2 N–H and O–H groups in total. The molecule has 0 aliphatic heterocycles. The van der Waals surface area contributed by atoms with Crippen molar-refractivity contribution in [2.24, 2.45) is 0 Å². The maximum Gasteiger partial charge on any atom is 0.164 e. The fraction of sp³-hybridized carbons (Fsp3) is 0.615. The zero-order valence-electron chi connectivity index (χ0n) is 10.7. The number of nitrogens with zero attached hydrogens (tertiary/aromatic N) is 1. The van der Waals surface area contributed by atoms with Crippen LogP contribution in [0.25, 0.3) is 0 Å². The zero-order valence-corrected chi connectivity index (χ0v) is 10.7. The third kappa shape index (κ3) is 4.51. The summed E-state index contributed by atoms with van der Waals surface area (Å²) in [6, 6.07) is 0. The van der Waals surface area contributed by atoms with E-state index in [-0.39, 0.29) is 0 Å². The first-order valence-corrected chi connectivity index (χ1v) is 6.28. The Morgan fingerprint density at radius 3 is 1.88 bits per heavy atom. The van der Waals surface area contributed by atoms with E-state index in [0.29, 0.717) is 30.4 Å². The summed E-state index contributed by atoms with van der Waals surface area (Å²) in [6.07, 6.45) is 7.50. The van der Waals surface area contributed by atoms with E-state index in [9.17, 15) is 0 Å². The van der Waals surface area contributed by atoms with Crippen LogP contribution < -0.4 is 15.2 Å². The average Bonchev–Trinajstić information content (AvgIpc) is 2.34. The molecule has 0 saturated carbocycles. The molecule has 1 aromatic rings. The Hall–Kier alpha value is -1.45. The van der Waals surface area contributed by atoms with Gasteiger partial charge in [-0.25, -0.2) is 0 Å². The van der Waals surface area contributed by atoms with Crippen molar-refractivity contribution in [3.63, 3.8) is 0 Å². The number of hydrogen-bond acceptors (Lipinski definition) is 4. The van der Waals surface area contributed by atoms with E-state index in [1.54, 1.807) is 12.4 Å². The van der Waals surface area contributed by atoms with Gasteiger partial charge < -0.3 is 15.2 Å². The molecule has 1 aromatic heterocycles. The highest BCUT2D eigenvalue weighted by Gasteiger charge is 2.07. The van der Waals surface area contributed by atoms with E-state index in [4.69, 9.17) is 15.2 Å². The van der Waals surface area contributed by atoms with Gasteiger partial charge in [0.1, 0.15) is 5.69 Å². The molecule has 0 aliphatic carbocycles. The van der Waals surface area contributed by atoms with Crippen LogP contribution in [-0.4, -0.2) is 18.2 Å². The molecular formula is C13H22N2O2. The average molecular weight is 238 g/mol. The van der Waals surface area contributed by atoms with E-state index in [0.717, 1.165) is 25.7 Å². The molecule has 0 saturated heterocycles. The van der Waals surface area contributed by atoms with Crippen molar-refractivity contribution < 1.29 is 9.47 Å². The molecule has 0 spiro atoms. The minimum Gasteiger partial charge on any atom is -0.490 e. The number of hydrogen-bond donors (Lipinski definition) is 1. The quantitative estimate of drug-likeness (QED) is 0.707. The highest BCUT2D eigenvalue weighted by Crippen LogP contribution is 2.30. The van der Waals surface area contributed by atoms with Gasteiger partial charge in [0.05, 0.1) is 25.6 Å². The first kappa shape index (κ1) is 13.6. The minimum absolute atomic E-state index is 0.548. The fourth-order valence-electron chi connectivity index (χ4n) is 1.32. The maximum absolute atomic E-state index is 5.96. The number of ether oxygens (including phenoxy) is 2. The molecule has 0 amide bonds. The van der Waals surface area contributed by atoms with Gasteiger partial charge in [-0.05, 0) is 12.8 Å². The van der Waals surface area contributed by atoms with Crippen LogP contribution in [0.4, 0.5) is 5.69 Å². The van der Waals surface area contributed by atoms with Crippen molar-refractivity contribution in [3.05, 3.63) is 12.4 Å². The topological polar surface area (TPSA) is 57.4 Å². The number of nitrogen functional groups attached to an aromatic ring is 1. The van der Waals surface area contributed by atoms with Crippen molar-refractivity contribution >= 4 is 5.69 Å². The second kappa shape index (κ2) is 7.76. The van der Waals surface area contributed by atoms with Crippen LogP contribution in [0, 0.1) is 0 Å². The third-order valence-electron chi connectivity index (χ3n) is 2.43. The maximum atomic E-state index is 5.96. The van der Waals surface area contributed by atoms with Crippen LogP contribution in [0.2, 0.25) is 0 Å². The first-order valence-electron chi connectivity index (χ1n) is 6.28. The van der Waals surface area contributed by atoms with Gasteiger partial charge in [-0.1, -0.05) is 26.7 Å². The Balaban J connectivity index is 2.56. The standard InChI is InChI=1S/C13H22N2O2/c1-3-5-7-16-11-9-15-10-12(13(11)14)17-8-6-4-2/h9-10H,3-8H2,1-2H3,(H2,14,15). The number of unbranched alkanes of at least 4 members (excludes halogenated alkanes) is 2. The van der Waals surface area contributed by atoms with Gasteiger partial charge >= 0.3 is 0 Å². The molecule has 96 valence electrons. The van der Waals surface area contributed by atoms with Crippen molar-refractivity contribution in [1.29, 1.82) is 0 Å². The summed E-state index contributed by atoms with van der Waals surface area (Å²) >= 11 is 0. The van der Waals surface area contributed by atoms with Gasteiger partial charge in [0, 0.05) is 0 Å². The largest absolute Gasteiger partial charge is 0.490 e. The zero-order chi connectivity index (χ0) is 12.5. The summed E-state index contributed by atoms with van der Waals surface area (Å²) in [7, 11) is 0. The molecule has 0 radical (unpaired) electrons. The lowest BCUT2D eigenvalue weighted by atomic mass is 10.3. The second-order valence-corrected chi connectivity index (χ2v) is 3.95. The lowest BCUT2D eigenvalue weighted by Crippen LogP contribution is -2.04. The molecule has 17 heavy (non-hydrogen) atoms. The molecule has 0 fully saturated rings. The monoisotopic (exact) mass is 238 g/mol. The predicted octanol–water partition coefficient (Wildman–Crippen LogP) is 3.02. The fourth-order valence-corrected chi connectivity index (χ4v) is 1.32. The van der Waals surface area contributed by atoms with Crippen molar-refractivity contribution in [2.45, 2.75) is 39.5 Å². The number of pyridine rings is 1. The van der Waals surface area contributed by atoms with Crippen LogP contribution in [0.5, 0.6) is 11.5 Å². The van der Waals surface area contributed by atoms with Crippen LogP contribution in [-0.2, 0) is 0 Å². The van der Waals surface area contributed by atoms with Crippen LogP contribution in [0.3, 0.4) is 0 Å². The minimum atomic E-state index is 0.548. The molecule has 0 unspecified atom stereocenters. The van der Waals surface area contributed by atoms with Gasteiger partial charge in [0.15, 0.2) is 11.5 Å². The molecule has 4 heteroatoms. The van der Waals surface area contributed by atoms with Gasteiger partial charge in [-0.15, -0.1) is 0 Å². The first-order chi connectivity index (χ1) is 8.29. The summed E-state index contributed by atoms with van der Waals surface area (Å²) in [4.78, 5) is 4.07. The number of rotatable bonds is 8. The van der Waals surface area contributed by atoms with Crippen LogP contribution in [0.1, 0.15) is 39.5 Å². The van der Waals surface area contributed by atoms with Crippen molar-refractivity contribution in [3.8, 4) is 11.5 Å². The van der Waals surface area contributed by atoms with E-state index in [1.807, 2.05) is 0 Å². The summed E-state index contributed by atoms with van der Waals surface area (Å²) in [5.41, 5.74) is 6.51. The SMILES string of the molecule is CCCCOc1cncc(OCCCC)c1N. The third-order valence-corrected chi connectivity index (χ3v) is 2.43. The van der Waals surface area contributed by atoms with Crippen LogP contribution in [0.15, 0.2) is 12.4 Å². The Bertz CT molecular complexity index is 301.